The molecule has 2 atom stereocenters. The number of ether oxygens (including phenoxy) is 2. The fourth-order valence-electron chi connectivity index (χ4n) is 1.69. The van der Waals surface area contributed by atoms with Crippen molar-refractivity contribution in [3.05, 3.63) is 0 Å². The first kappa shape index (κ1) is 17.6. The van der Waals surface area contributed by atoms with E-state index in [1.165, 1.54) is 17.3 Å². The minimum atomic E-state index is -0.430. The quantitative estimate of drug-likeness (QED) is 0.592. The zero-order chi connectivity index (χ0) is 13.9. The van der Waals surface area contributed by atoms with Gasteiger partial charge in [-0.15, -0.1) is 0 Å². The largest absolute Gasteiger partial charge is 0.389 e. The van der Waals surface area contributed by atoms with Gasteiger partial charge in [0.05, 0.1) is 32.0 Å². The molecule has 0 spiro atoms. The van der Waals surface area contributed by atoms with E-state index < -0.39 is 6.10 Å². The van der Waals surface area contributed by atoms with Crippen LogP contribution in [0.25, 0.3) is 0 Å². The average molecular weight is 309 g/mol. The van der Waals surface area contributed by atoms with E-state index in [0.29, 0.717) is 31.6 Å². The molecule has 4 nitrogen and oxygen atoms in total. The maximum atomic E-state index is 9.75. The van der Waals surface area contributed by atoms with Crippen LogP contribution in [-0.2, 0) is 9.47 Å². The van der Waals surface area contributed by atoms with Gasteiger partial charge >= 0.3 is 0 Å². The van der Waals surface area contributed by atoms with Crippen molar-refractivity contribution in [2.45, 2.75) is 31.3 Å². The van der Waals surface area contributed by atoms with Crippen LogP contribution in [0.5, 0.6) is 0 Å². The fourth-order valence-corrected chi connectivity index (χ4v) is 4.33. The van der Waals surface area contributed by atoms with Crippen LogP contribution >= 0.6 is 23.5 Å². The molecule has 0 amide bonds. The molecule has 1 aliphatic rings. The van der Waals surface area contributed by atoms with Gasteiger partial charge in [-0.25, -0.2) is 0 Å². The molecule has 1 rings (SSSR count). The lowest BCUT2D eigenvalue weighted by atomic mass is 10.3. The molecule has 1 saturated heterocycles. The summed E-state index contributed by atoms with van der Waals surface area (Å²) < 4.78 is 10.7. The molecule has 0 saturated carbocycles. The lowest BCUT2D eigenvalue weighted by molar-refractivity contribution is -0.00988. The van der Waals surface area contributed by atoms with Gasteiger partial charge in [0.2, 0.25) is 0 Å². The summed E-state index contributed by atoms with van der Waals surface area (Å²) in [5.74, 6) is 3.74. The zero-order valence-electron chi connectivity index (χ0n) is 12.0. The molecule has 0 aromatic carbocycles. The van der Waals surface area contributed by atoms with E-state index in [1.807, 2.05) is 37.4 Å². The molecule has 19 heavy (non-hydrogen) atoms. The smallest absolute Gasteiger partial charge is 0.0897 e. The van der Waals surface area contributed by atoms with Crippen molar-refractivity contribution in [2.24, 2.45) is 0 Å². The Kier molecular flexibility index (Phi) is 10.4. The van der Waals surface area contributed by atoms with E-state index in [0.717, 1.165) is 6.54 Å². The van der Waals surface area contributed by atoms with Gasteiger partial charge in [0, 0.05) is 35.6 Å². The Morgan fingerprint density at radius 3 is 2.84 bits per heavy atom. The Bertz CT molecular complexity index is 214. The van der Waals surface area contributed by atoms with Crippen LogP contribution < -0.4 is 5.32 Å². The predicted octanol–water partition coefficient (Wildman–Crippen LogP) is 1.23. The van der Waals surface area contributed by atoms with Crippen LogP contribution in [0.3, 0.4) is 0 Å². The molecule has 2 unspecified atom stereocenters. The SMILES string of the molecule is CC(C)OCCOCC(O)CNCC1CSCCS1. The summed E-state index contributed by atoms with van der Waals surface area (Å²) >= 11 is 4.05. The molecular formula is C13H27NO3S2. The maximum absolute atomic E-state index is 9.75. The van der Waals surface area contributed by atoms with E-state index >= 15 is 0 Å². The van der Waals surface area contributed by atoms with Crippen molar-refractivity contribution in [3.8, 4) is 0 Å². The molecule has 1 heterocycles. The highest BCUT2D eigenvalue weighted by Crippen LogP contribution is 2.23. The number of aliphatic hydroxyl groups excluding tert-OH is 1. The van der Waals surface area contributed by atoms with Crippen molar-refractivity contribution in [1.29, 1.82) is 0 Å². The third kappa shape index (κ3) is 9.98. The van der Waals surface area contributed by atoms with Crippen LogP contribution in [0.1, 0.15) is 13.8 Å². The second-order valence-corrected chi connectivity index (χ2v) is 7.43. The van der Waals surface area contributed by atoms with Crippen molar-refractivity contribution in [3.63, 3.8) is 0 Å². The molecule has 2 N–H and O–H groups in total. The molecule has 0 bridgehead atoms. The van der Waals surface area contributed by atoms with Gasteiger partial charge in [-0.3, -0.25) is 0 Å². The minimum Gasteiger partial charge on any atom is -0.389 e. The third-order valence-corrected chi connectivity index (χ3v) is 5.47. The first-order valence-electron chi connectivity index (χ1n) is 6.96. The van der Waals surface area contributed by atoms with Crippen molar-refractivity contribution in [1.82, 2.24) is 5.32 Å². The number of aliphatic hydroxyl groups is 1. The third-order valence-electron chi connectivity index (χ3n) is 2.63. The van der Waals surface area contributed by atoms with Gasteiger partial charge in [0.1, 0.15) is 0 Å². The standard InChI is InChI=1S/C13H27NO3S2/c1-11(2)17-4-3-16-9-12(15)7-14-8-13-10-18-5-6-19-13/h11-15H,3-10H2,1-2H3. The topological polar surface area (TPSA) is 50.7 Å². The van der Waals surface area contributed by atoms with Crippen LogP contribution in [0.2, 0.25) is 0 Å². The summed E-state index contributed by atoms with van der Waals surface area (Å²) in [6.45, 7) is 7.09. The Labute approximate surface area is 125 Å². The van der Waals surface area contributed by atoms with Gasteiger partial charge in [0.15, 0.2) is 0 Å². The Hall–Kier alpha value is 0.540. The van der Waals surface area contributed by atoms with Gasteiger partial charge in [0.25, 0.3) is 0 Å². The van der Waals surface area contributed by atoms with E-state index in [4.69, 9.17) is 9.47 Å². The average Bonchev–Trinajstić information content (AvgIpc) is 2.39. The molecule has 0 aromatic rings. The summed E-state index contributed by atoms with van der Waals surface area (Å²) in [4.78, 5) is 0. The van der Waals surface area contributed by atoms with Crippen LogP contribution in [0, 0.1) is 0 Å². The summed E-state index contributed by atoms with van der Waals surface area (Å²) in [5, 5.41) is 13.8. The Morgan fingerprint density at radius 1 is 1.32 bits per heavy atom. The number of hydrogen-bond acceptors (Lipinski definition) is 6. The lowest BCUT2D eigenvalue weighted by Crippen LogP contribution is -2.36. The Balaban J connectivity index is 1.88. The van der Waals surface area contributed by atoms with E-state index in [-0.39, 0.29) is 6.10 Å². The highest BCUT2D eigenvalue weighted by atomic mass is 32.2. The van der Waals surface area contributed by atoms with E-state index in [9.17, 15) is 5.11 Å². The molecule has 0 aliphatic carbocycles. The van der Waals surface area contributed by atoms with E-state index in [2.05, 4.69) is 5.32 Å². The number of thioether (sulfide) groups is 2. The number of nitrogens with one attached hydrogen (secondary N) is 1. The van der Waals surface area contributed by atoms with E-state index in [1.54, 1.807) is 0 Å². The first-order chi connectivity index (χ1) is 9.18. The summed E-state index contributed by atoms with van der Waals surface area (Å²) in [6, 6.07) is 0. The van der Waals surface area contributed by atoms with Gasteiger partial charge in [-0.05, 0) is 13.8 Å². The summed E-state index contributed by atoms with van der Waals surface area (Å²) in [7, 11) is 0. The summed E-state index contributed by atoms with van der Waals surface area (Å²) in [6.07, 6.45) is -0.193. The molecule has 1 fully saturated rings. The highest BCUT2D eigenvalue weighted by Gasteiger charge is 2.14. The molecule has 0 aromatic heterocycles. The second-order valence-electron chi connectivity index (χ2n) is 4.87. The zero-order valence-corrected chi connectivity index (χ0v) is 13.6. The second kappa shape index (κ2) is 11.2. The van der Waals surface area contributed by atoms with Crippen LogP contribution in [-0.4, -0.2) is 72.7 Å². The molecule has 1 aliphatic heterocycles. The van der Waals surface area contributed by atoms with Crippen molar-refractivity contribution < 1.29 is 14.6 Å². The minimum absolute atomic E-state index is 0.237. The van der Waals surface area contributed by atoms with Crippen LogP contribution in [0.4, 0.5) is 0 Å². The molecule has 6 heteroatoms. The monoisotopic (exact) mass is 309 g/mol. The summed E-state index contributed by atoms with van der Waals surface area (Å²) in [5.41, 5.74) is 0. The number of hydrogen-bond donors (Lipinski definition) is 2. The molecule has 114 valence electrons. The first-order valence-corrected chi connectivity index (χ1v) is 9.16. The fraction of sp³-hybridized carbons (Fsp3) is 1.00. The van der Waals surface area contributed by atoms with Crippen LogP contribution in [0.15, 0.2) is 0 Å². The van der Waals surface area contributed by atoms with Gasteiger partial charge < -0.3 is 19.9 Å². The normalized spacial score (nSPS) is 21.8. The Morgan fingerprint density at radius 2 is 2.16 bits per heavy atom. The molecular weight excluding hydrogens is 282 g/mol. The lowest BCUT2D eigenvalue weighted by Gasteiger charge is -2.22. The maximum Gasteiger partial charge on any atom is 0.0897 e. The van der Waals surface area contributed by atoms with Crippen molar-refractivity contribution in [2.75, 3.05) is 50.2 Å². The van der Waals surface area contributed by atoms with Crippen molar-refractivity contribution >= 4 is 23.5 Å². The highest BCUT2D eigenvalue weighted by molar-refractivity contribution is 8.06. The van der Waals surface area contributed by atoms with Gasteiger partial charge in [-0.1, -0.05) is 0 Å². The predicted molar refractivity (Wildman–Crippen MR) is 84.4 cm³/mol. The number of rotatable bonds is 10. The van der Waals surface area contributed by atoms with Gasteiger partial charge in [-0.2, -0.15) is 23.5 Å². The molecule has 0 radical (unpaired) electrons.